The number of halogens is 2. The number of hydrogen-bond acceptors (Lipinski definition) is 5. The molecule has 38 heavy (non-hydrogen) atoms. The van der Waals surface area contributed by atoms with E-state index in [1.54, 1.807) is 53.1 Å². The number of nitrogens with one attached hydrogen (secondary N) is 1. The Morgan fingerprint density at radius 2 is 1.82 bits per heavy atom. The van der Waals surface area contributed by atoms with Gasteiger partial charge < -0.3 is 15.0 Å². The van der Waals surface area contributed by atoms with Crippen LogP contribution in [0.15, 0.2) is 59.8 Å². The first-order valence-corrected chi connectivity index (χ1v) is 13.1. The lowest BCUT2D eigenvalue weighted by Crippen LogP contribution is -2.56. The first-order valence-electron chi connectivity index (χ1n) is 12.8. The van der Waals surface area contributed by atoms with Gasteiger partial charge in [0.1, 0.15) is 5.82 Å². The van der Waals surface area contributed by atoms with E-state index in [4.69, 9.17) is 16.3 Å². The number of carbonyl (C=O) groups excluding carboxylic acids is 3. The number of rotatable bonds is 7. The summed E-state index contributed by atoms with van der Waals surface area (Å²) in [6.07, 6.45) is 0. The molecule has 0 bridgehead atoms. The second-order valence-electron chi connectivity index (χ2n) is 9.32. The van der Waals surface area contributed by atoms with Crippen LogP contribution in [0.2, 0.25) is 5.02 Å². The zero-order valence-corrected chi connectivity index (χ0v) is 22.5. The van der Waals surface area contributed by atoms with Gasteiger partial charge in [-0.3, -0.25) is 14.6 Å². The fourth-order valence-electron chi connectivity index (χ4n) is 5.04. The minimum absolute atomic E-state index is 0.0482. The molecule has 1 N–H and O–H groups in total. The molecule has 1 fully saturated rings. The summed E-state index contributed by atoms with van der Waals surface area (Å²) >= 11 is 6.07. The average molecular weight is 543 g/mol. The summed E-state index contributed by atoms with van der Waals surface area (Å²) in [5.41, 5.74) is 1.70. The molecule has 2 aliphatic rings. The lowest BCUT2D eigenvalue weighted by Gasteiger charge is -2.43. The molecule has 3 amide bonds. The number of nitrogens with zero attached hydrogens (tertiary/aromatic N) is 3. The molecule has 2 heterocycles. The van der Waals surface area contributed by atoms with Gasteiger partial charge in [0.15, 0.2) is 0 Å². The number of piperazine rings is 1. The fourth-order valence-corrected chi connectivity index (χ4v) is 5.17. The van der Waals surface area contributed by atoms with Crippen molar-refractivity contribution >= 4 is 29.5 Å². The van der Waals surface area contributed by atoms with E-state index in [0.29, 0.717) is 54.6 Å². The Labute approximate surface area is 227 Å². The van der Waals surface area contributed by atoms with Crippen LogP contribution >= 0.6 is 11.6 Å². The van der Waals surface area contributed by atoms with Gasteiger partial charge in [0.05, 0.1) is 23.8 Å². The Balaban J connectivity index is 1.63. The fraction of sp³-hybridized carbons (Fsp3) is 0.393. The van der Waals surface area contributed by atoms with E-state index in [-0.39, 0.29) is 30.2 Å². The van der Waals surface area contributed by atoms with Crippen LogP contribution in [0.25, 0.3) is 0 Å². The van der Waals surface area contributed by atoms with Crippen LogP contribution in [-0.4, -0.2) is 78.0 Å². The van der Waals surface area contributed by atoms with E-state index in [9.17, 15) is 18.8 Å². The molecule has 2 aromatic carbocycles. The SMILES string of the molecule is CCOC(=O)C1=C(CN2CCN(C(=O)c3ccccc3F)[C@@H](C)C2)N(CC)C(=O)N[C@H]1c1ccc(Cl)cc1. The maximum absolute atomic E-state index is 14.2. The third-order valence-electron chi connectivity index (χ3n) is 6.90. The third kappa shape index (κ3) is 5.68. The standard InChI is InChI=1S/C28H32ClFN4O4/c1-4-33-23(17-32-14-15-34(18(3)16-32)26(35)21-8-6-7-9-22(21)30)24(27(36)38-5-2)25(31-28(33)37)19-10-12-20(29)13-11-19/h6-13,18,25H,4-5,14-17H2,1-3H3,(H,31,37)/t18-,25-/m0/s1. The Morgan fingerprint density at radius 3 is 2.45 bits per heavy atom. The van der Waals surface area contributed by atoms with Gasteiger partial charge in [-0.25, -0.2) is 14.0 Å². The predicted octanol–water partition coefficient (Wildman–Crippen LogP) is 4.23. The zero-order valence-electron chi connectivity index (χ0n) is 21.7. The highest BCUT2D eigenvalue weighted by Gasteiger charge is 2.39. The number of esters is 1. The van der Waals surface area contributed by atoms with Crippen LogP contribution < -0.4 is 5.32 Å². The molecule has 0 unspecified atom stereocenters. The summed E-state index contributed by atoms with van der Waals surface area (Å²) in [4.78, 5) is 44.8. The van der Waals surface area contributed by atoms with Gasteiger partial charge in [-0.15, -0.1) is 0 Å². The predicted molar refractivity (Wildman–Crippen MR) is 142 cm³/mol. The van der Waals surface area contributed by atoms with Crippen molar-refractivity contribution in [3.63, 3.8) is 0 Å². The Kier molecular flexibility index (Phi) is 8.69. The van der Waals surface area contributed by atoms with Gasteiger partial charge in [-0.1, -0.05) is 35.9 Å². The summed E-state index contributed by atoms with van der Waals surface area (Å²) in [7, 11) is 0. The summed E-state index contributed by atoms with van der Waals surface area (Å²) in [6.45, 7) is 7.73. The number of urea groups is 1. The summed E-state index contributed by atoms with van der Waals surface area (Å²) in [6, 6.07) is 11.7. The summed E-state index contributed by atoms with van der Waals surface area (Å²) in [5.74, 6) is -1.39. The van der Waals surface area contributed by atoms with Crippen molar-refractivity contribution in [1.29, 1.82) is 0 Å². The first-order chi connectivity index (χ1) is 18.2. The molecule has 0 aromatic heterocycles. The molecule has 0 aliphatic carbocycles. The molecule has 1 saturated heterocycles. The Bertz CT molecular complexity index is 1240. The van der Waals surface area contributed by atoms with Crippen LogP contribution in [0.5, 0.6) is 0 Å². The molecule has 0 radical (unpaired) electrons. The number of ether oxygens (including phenoxy) is 1. The van der Waals surface area contributed by atoms with E-state index >= 15 is 0 Å². The molecule has 10 heteroatoms. The maximum Gasteiger partial charge on any atom is 0.338 e. The second-order valence-corrected chi connectivity index (χ2v) is 9.76. The minimum Gasteiger partial charge on any atom is -0.463 e. The monoisotopic (exact) mass is 542 g/mol. The maximum atomic E-state index is 14.2. The Morgan fingerprint density at radius 1 is 1.11 bits per heavy atom. The first kappa shape index (κ1) is 27.6. The van der Waals surface area contributed by atoms with Crippen molar-refractivity contribution in [2.75, 3.05) is 39.3 Å². The number of hydrogen-bond donors (Lipinski definition) is 1. The van der Waals surface area contributed by atoms with Gasteiger partial charge in [-0.05, 0) is 50.6 Å². The summed E-state index contributed by atoms with van der Waals surface area (Å²) in [5, 5.41) is 3.49. The normalized spacial score (nSPS) is 20.4. The molecule has 2 atom stereocenters. The van der Waals surface area contributed by atoms with E-state index in [0.717, 1.165) is 0 Å². The van der Waals surface area contributed by atoms with E-state index in [1.807, 2.05) is 13.8 Å². The van der Waals surface area contributed by atoms with E-state index in [1.165, 1.54) is 12.1 Å². The average Bonchev–Trinajstić information content (AvgIpc) is 2.89. The topological polar surface area (TPSA) is 82.2 Å². The lowest BCUT2D eigenvalue weighted by atomic mass is 9.94. The molecule has 4 rings (SSSR count). The minimum atomic E-state index is -0.696. The van der Waals surface area contributed by atoms with E-state index < -0.39 is 17.8 Å². The van der Waals surface area contributed by atoms with Crippen molar-refractivity contribution in [1.82, 2.24) is 20.0 Å². The van der Waals surface area contributed by atoms with Crippen molar-refractivity contribution in [3.8, 4) is 0 Å². The summed E-state index contributed by atoms with van der Waals surface area (Å²) < 4.78 is 19.7. The molecule has 0 saturated carbocycles. The smallest absolute Gasteiger partial charge is 0.338 e. The van der Waals surface area contributed by atoms with Crippen LogP contribution in [0.3, 0.4) is 0 Å². The molecule has 2 aliphatic heterocycles. The lowest BCUT2D eigenvalue weighted by molar-refractivity contribution is -0.139. The quantitative estimate of drug-likeness (QED) is 0.530. The van der Waals surface area contributed by atoms with Crippen molar-refractivity contribution < 1.29 is 23.5 Å². The van der Waals surface area contributed by atoms with Gasteiger partial charge in [0.2, 0.25) is 0 Å². The highest BCUT2D eigenvalue weighted by molar-refractivity contribution is 6.30. The van der Waals surface area contributed by atoms with Gasteiger partial charge in [0, 0.05) is 49.5 Å². The molecule has 2 aromatic rings. The number of benzene rings is 2. The third-order valence-corrected chi connectivity index (χ3v) is 7.16. The van der Waals surface area contributed by atoms with Gasteiger partial charge in [-0.2, -0.15) is 0 Å². The van der Waals surface area contributed by atoms with Crippen molar-refractivity contribution in [2.24, 2.45) is 0 Å². The van der Waals surface area contributed by atoms with Crippen LogP contribution in [0, 0.1) is 5.82 Å². The number of likely N-dealkylation sites (N-methyl/N-ethyl adjacent to an activating group) is 1. The number of carbonyl (C=O) groups is 3. The molecular weight excluding hydrogens is 511 g/mol. The highest BCUT2D eigenvalue weighted by atomic mass is 35.5. The van der Waals surface area contributed by atoms with Gasteiger partial charge in [0.25, 0.3) is 5.91 Å². The van der Waals surface area contributed by atoms with Crippen molar-refractivity contribution in [3.05, 3.63) is 81.8 Å². The molecule has 0 spiro atoms. The second kappa shape index (κ2) is 12.0. The molecule has 202 valence electrons. The van der Waals surface area contributed by atoms with Crippen LogP contribution in [0.1, 0.15) is 42.7 Å². The highest BCUT2D eigenvalue weighted by Crippen LogP contribution is 2.33. The largest absolute Gasteiger partial charge is 0.463 e. The molecular formula is C28H32ClFN4O4. The van der Waals surface area contributed by atoms with Gasteiger partial charge >= 0.3 is 12.0 Å². The zero-order chi connectivity index (χ0) is 27.4. The van der Waals surface area contributed by atoms with E-state index in [2.05, 4.69) is 10.2 Å². The van der Waals surface area contributed by atoms with Crippen LogP contribution in [-0.2, 0) is 9.53 Å². The molecule has 8 nitrogen and oxygen atoms in total. The Hall–Kier alpha value is -3.43. The number of amides is 3. The van der Waals surface area contributed by atoms with Crippen molar-refractivity contribution in [2.45, 2.75) is 32.9 Å². The van der Waals surface area contributed by atoms with Crippen LogP contribution in [0.4, 0.5) is 9.18 Å².